The molecule has 0 radical (unpaired) electrons. The van der Waals surface area contributed by atoms with Crippen LogP contribution in [-0.4, -0.2) is 4.57 Å². The molecule has 80 heavy (non-hydrogen) atoms. The SMILES string of the molecule is CCC(CC(C)c1ccc(-c2ccc3c(c2)c2cc(-c4ccc(-c5ccc(N(c6ccccc6)c6ccc7c(c6)C(C)(C)c6ccccc6-7)cc5)cc4)ccc2n3-c2ccccc2)cc1)c1ccc(Oc2ccc3c(c2)CC3)cc1. The zero-order valence-corrected chi connectivity index (χ0v) is 46.0. The summed E-state index contributed by atoms with van der Waals surface area (Å²) in [5.74, 6) is 2.71. The Balaban J connectivity index is 0.716. The van der Waals surface area contributed by atoms with Crippen LogP contribution < -0.4 is 9.64 Å². The topological polar surface area (TPSA) is 17.4 Å². The van der Waals surface area contributed by atoms with Gasteiger partial charge in [-0.3, -0.25) is 0 Å². The molecule has 0 spiro atoms. The predicted octanol–water partition coefficient (Wildman–Crippen LogP) is 21.1. The lowest BCUT2D eigenvalue weighted by molar-refractivity contribution is 0.479. The van der Waals surface area contributed by atoms with Crippen LogP contribution in [0, 0.1) is 0 Å². The molecule has 0 saturated carbocycles. The summed E-state index contributed by atoms with van der Waals surface area (Å²) in [7, 11) is 0. The molecule has 2 aliphatic carbocycles. The van der Waals surface area contributed by atoms with Crippen LogP contribution in [0.2, 0.25) is 0 Å². The van der Waals surface area contributed by atoms with Crippen molar-refractivity contribution in [2.45, 2.75) is 70.6 Å². The van der Waals surface area contributed by atoms with Gasteiger partial charge in [-0.1, -0.05) is 185 Å². The molecule has 11 aromatic carbocycles. The van der Waals surface area contributed by atoms with Crippen LogP contribution in [0.15, 0.2) is 255 Å². The molecule has 388 valence electrons. The van der Waals surface area contributed by atoms with Crippen molar-refractivity contribution >= 4 is 38.9 Å². The zero-order valence-electron chi connectivity index (χ0n) is 46.0. The van der Waals surface area contributed by atoms with Crippen molar-refractivity contribution in [2.75, 3.05) is 4.90 Å². The van der Waals surface area contributed by atoms with E-state index in [0.717, 1.165) is 53.5 Å². The van der Waals surface area contributed by atoms with E-state index in [2.05, 4.69) is 292 Å². The van der Waals surface area contributed by atoms with Gasteiger partial charge in [0.25, 0.3) is 0 Å². The Labute approximate surface area is 471 Å². The molecular weight excluding hydrogens is 969 g/mol. The summed E-state index contributed by atoms with van der Waals surface area (Å²) >= 11 is 0. The molecule has 3 heteroatoms. The molecule has 2 unspecified atom stereocenters. The second-order valence-electron chi connectivity index (χ2n) is 22.8. The number of nitrogens with zero attached hydrogens (tertiary/aromatic N) is 2. The van der Waals surface area contributed by atoms with Crippen molar-refractivity contribution in [3.05, 3.63) is 288 Å². The number of anilines is 3. The van der Waals surface area contributed by atoms with E-state index in [-0.39, 0.29) is 5.41 Å². The van der Waals surface area contributed by atoms with Gasteiger partial charge >= 0.3 is 0 Å². The molecule has 0 amide bonds. The van der Waals surface area contributed by atoms with Gasteiger partial charge < -0.3 is 14.2 Å². The fraction of sp³-hybridized carbons (Fsp3) is 0.143. The lowest BCUT2D eigenvalue weighted by Gasteiger charge is -2.28. The lowest BCUT2D eigenvalue weighted by atomic mass is 9.82. The molecule has 0 bridgehead atoms. The quantitative estimate of drug-likeness (QED) is 0.108. The van der Waals surface area contributed by atoms with Gasteiger partial charge in [-0.05, 0) is 212 Å². The Morgan fingerprint density at radius 3 is 1.57 bits per heavy atom. The minimum absolute atomic E-state index is 0.0836. The van der Waals surface area contributed by atoms with Crippen molar-refractivity contribution in [1.29, 1.82) is 0 Å². The highest BCUT2D eigenvalue weighted by molar-refractivity contribution is 6.11. The Morgan fingerprint density at radius 2 is 0.950 bits per heavy atom. The van der Waals surface area contributed by atoms with Gasteiger partial charge in [0.15, 0.2) is 0 Å². The van der Waals surface area contributed by atoms with Gasteiger partial charge in [0, 0.05) is 38.9 Å². The number of rotatable bonds is 14. The minimum Gasteiger partial charge on any atom is -0.457 e. The molecule has 0 fully saturated rings. The number of fused-ring (bicyclic) bond motifs is 7. The average Bonchev–Trinajstić information content (AvgIpc) is 4.05. The fourth-order valence-corrected chi connectivity index (χ4v) is 13.0. The van der Waals surface area contributed by atoms with Crippen LogP contribution in [0.25, 0.3) is 72.0 Å². The third-order valence-corrected chi connectivity index (χ3v) is 17.7. The number of para-hydroxylation sites is 2. The summed E-state index contributed by atoms with van der Waals surface area (Å²) in [6, 6.07) is 94.1. The molecular formula is C77H64N2O. The van der Waals surface area contributed by atoms with Crippen LogP contribution in [-0.2, 0) is 18.3 Å². The van der Waals surface area contributed by atoms with Crippen LogP contribution in [0.5, 0.6) is 11.5 Å². The molecule has 3 nitrogen and oxygen atoms in total. The van der Waals surface area contributed by atoms with Gasteiger partial charge in [0.05, 0.1) is 11.0 Å². The van der Waals surface area contributed by atoms with Crippen molar-refractivity contribution < 1.29 is 4.74 Å². The van der Waals surface area contributed by atoms with Crippen LogP contribution in [0.1, 0.15) is 85.8 Å². The number of aromatic nitrogens is 1. The molecule has 1 aromatic heterocycles. The van der Waals surface area contributed by atoms with Crippen molar-refractivity contribution in [2.24, 2.45) is 0 Å². The summed E-state index contributed by atoms with van der Waals surface area (Å²) in [4.78, 5) is 2.38. The standard InChI is InChI=1S/C77H64N2O/c1-5-52(54-32-40-67(41-33-54)80-68-42-34-59-28-29-60(59)47-68)46-51(2)53-20-22-57(23-21-53)61-35-44-75-71(48-61)72-49-62(36-45-76(72)79(75)64-16-10-7-11-17-64)58-26-24-55(25-27-58)56-30-37-65(38-31-56)78(63-14-8-6-9-15-63)66-39-43-70-69-18-12-13-19-73(69)77(3,4)74(70)50-66/h6-27,30-45,47-52H,5,28-29,46H2,1-4H3. The second-order valence-corrected chi connectivity index (χ2v) is 22.8. The molecule has 0 N–H and O–H groups in total. The zero-order chi connectivity index (χ0) is 53.9. The third kappa shape index (κ3) is 8.88. The maximum atomic E-state index is 6.26. The Kier molecular flexibility index (Phi) is 12.4. The van der Waals surface area contributed by atoms with Crippen molar-refractivity contribution in [3.63, 3.8) is 0 Å². The molecule has 2 atom stereocenters. The maximum Gasteiger partial charge on any atom is 0.127 e. The van der Waals surface area contributed by atoms with Gasteiger partial charge in [-0.25, -0.2) is 0 Å². The number of ether oxygens (including phenoxy) is 1. The van der Waals surface area contributed by atoms with E-state index in [4.69, 9.17) is 4.74 Å². The van der Waals surface area contributed by atoms with Crippen molar-refractivity contribution in [3.8, 4) is 61.7 Å². The summed E-state index contributed by atoms with van der Waals surface area (Å²) < 4.78 is 8.67. The highest BCUT2D eigenvalue weighted by Gasteiger charge is 2.36. The first-order chi connectivity index (χ1) is 39.2. The van der Waals surface area contributed by atoms with E-state index < -0.39 is 0 Å². The monoisotopic (exact) mass is 1030 g/mol. The molecule has 12 aromatic rings. The van der Waals surface area contributed by atoms with Crippen LogP contribution in [0.4, 0.5) is 17.1 Å². The largest absolute Gasteiger partial charge is 0.457 e. The molecule has 14 rings (SSSR count). The van der Waals surface area contributed by atoms with Crippen molar-refractivity contribution in [1.82, 2.24) is 4.57 Å². The molecule has 0 saturated heterocycles. The average molecular weight is 1030 g/mol. The maximum absolute atomic E-state index is 6.26. The third-order valence-electron chi connectivity index (χ3n) is 17.7. The number of aryl methyl sites for hydroxylation is 2. The van der Waals surface area contributed by atoms with Gasteiger partial charge in [0.1, 0.15) is 11.5 Å². The second kappa shape index (κ2) is 20.2. The van der Waals surface area contributed by atoms with E-state index in [1.54, 1.807) is 0 Å². The van der Waals surface area contributed by atoms with E-state index in [9.17, 15) is 0 Å². The summed E-state index contributed by atoms with van der Waals surface area (Å²) in [6.45, 7) is 9.39. The van der Waals surface area contributed by atoms with Crippen LogP contribution >= 0.6 is 0 Å². The summed E-state index contributed by atoms with van der Waals surface area (Å²) in [5.41, 5.74) is 25.1. The normalized spacial score (nSPS) is 13.8. The van der Waals surface area contributed by atoms with Gasteiger partial charge in [-0.15, -0.1) is 0 Å². The summed E-state index contributed by atoms with van der Waals surface area (Å²) in [6.07, 6.45) is 4.52. The first-order valence-corrected chi connectivity index (χ1v) is 28.7. The van der Waals surface area contributed by atoms with E-state index in [0.29, 0.717) is 11.8 Å². The number of benzene rings is 11. The van der Waals surface area contributed by atoms with E-state index in [1.807, 2.05) is 0 Å². The first kappa shape index (κ1) is 49.1. The number of hydrogen-bond acceptors (Lipinski definition) is 2. The number of hydrogen-bond donors (Lipinski definition) is 0. The smallest absolute Gasteiger partial charge is 0.127 e. The first-order valence-electron chi connectivity index (χ1n) is 28.7. The van der Waals surface area contributed by atoms with Crippen LogP contribution in [0.3, 0.4) is 0 Å². The van der Waals surface area contributed by atoms with E-state index in [1.165, 1.54) is 106 Å². The predicted molar refractivity (Wildman–Crippen MR) is 336 cm³/mol. The Hall–Kier alpha value is -9.18. The van der Waals surface area contributed by atoms with Gasteiger partial charge in [-0.2, -0.15) is 0 Å². The highest BCUT2D eigenvalue weighted by atomic mass is 16.5. The lowest BCUT2D eigenvalue weighted by Crippen LogP contribution is -2.16. The van der Waals surface area contributed by atoms with Gasteiger partial charge in [0.2, 0.25) is 0 Å². The van der Waals surface area contributed by atoms with E-state index >= 15 is 0 Å². The molecule has 1 heterocycles. The highest BCUT2D eigenvalue weighted by Crippen LogP contribution is 2.51. The molecule has 2 aliphatic rings. The summed E-state index contributed by atoms with van der Waals surface area (Å²) in [5, 5.41) is 2.49. The Morgan fingerprint density at radius 1 is 0.438 bits per heavy atom. The minimum atomic E-state index is -0.0836. The fourth-order valence-electron chi connectivity index (χ4n) is 13.0. The Bertz CT molecular complexity index is 4230. The molecule has 0 aliphatic heterocycles.